The summed E-state index contributed by atoms with van der Waals surface area (Å²) in [4.78, 5) is 11.8. The third-order valence-electron chi connectivity index (χ3n) is 3.04. The smallest absolute Gasteiger partial charge is 0.315 e. The minimum absolute atomic E-state index is 0.0758. The Balaban J connectivity index is 1.78. The van der Waals surface area contributed by atoms with Crippen LogP contribution in [-0.4, -0.2) is 24.3 Å². The highest BCUT2D eigenvalue weighted by atomic mass is 16.5. The molecule has 0 saturated carbocycles. The highest BCUT2D eigenvalue weighted by Gasteiger charge is 2.12. The molecule has 6 heteroatoms. The molecule has 2 rings (SSSR count). The van der Waals surface area contributed by atoms with Crippen molar-refractivity contribution in [2.75, 3.05) is 13.2 Å². The number of para-hydroxylation sites is 1. The van der Waals surface area contributed by atoms with Crippen LogP contribution in [0.25, 0.3) is 0 Å². The highest BCUT2D eigenvalue weighted by molar-refractivity contribution is 5.73. The number of hydrogen-bond donors (Lipinski definition) is 3. The van der Waals surface area contributed by atoms with E-state index in [1.165, 1.54) is 6.26 Å². The van der Waals surface area contributed by atoms with Gasteiger partial charge in [-0.1, -0.05) is 18.2 Å². The molecule has 2 amide bonds. The van der Waals surface area contributed by atoms with Gasteiger partial charge in [0.2, 0.25) is 0 Å². The van der Waals surface area contributed by atoms with Gasteiger partial charge < -0.3 is 24.9 Å². The zero-order chi connectivity index (χ0) is 15.8. The third-order valence-corrected chi connectivity index (χ3v) is 3.04. The van der Waals surface area contributed by atoms with Gasteiger partial charge in [0.25, 0.3) is 0 Å². The van der Waals surface area contributed by atoms with Gasteiger partial charge in [0.15, 0.2) is 0 Å². The van der Waals surface area contributed by atoms with Crippen LogP contribution in [0.3, 0.4) is 0 Å². The molecule has 0 aliphatic carbocycles. The summed E-state index contributed by atoms with van der Waals surface area (Å²) < 4.78 is 10.6. The molecular formula is C16H20N2O4. The Hall–Kier alpha value is -2.47. The highest BCUT2D eigenvalue weighted by Crippen LogP contribution is 2.17. The Labute approximate surface area is 129 Å². The molecule has 1 unspecified atom stereocenters. The summed E-state index contributed by atoms with van der Waals surface area (Å²) in [6.45, 7) is 2.90. The van der Waals surface area contributed by atoms with Crippen LogP contribution in [0.15, 0.2) is 47.1 Å². The number of amides is 2. The Bertz CT molecular complexity index is 584. The molecular weight excluding hydrogens is 284 g/mol. The Morgan fingerprint density at radius 3 is 2.82 bits per heavy atom. The number of aliphatic hydroxyl groups excluding tert-OH is 1. The first-order valence-electron chi connectivity index (χ1n) is 7.14. The maximum Gasteiger partial charge on any atom is 0.315 e. The molecule has 0 saturated heterocycles. The number of carbonyl (C=O) groups is 1. The van der Waals surface area contributed by atoms with Gasteiger partial charge in [-0.25, -0.2) is 4.79 Å². The van der Waals surface area contributed by atoms with E-state index in [0.717, 1.165) is 11.3 Å². The topological polar surface area (TPSA) is 83.7 Å². The standard InChI is InChI=1S/C16H20N2O4/c1-2-21-14-7-4-3-6-12(14)10-17-16(20)18-11-13(19)15-8-5-9-22-15/h3-9,13,19H,2,10-11H2,1H3,(H2,17,18,20). The Kier molecular flexibility index (Phi) is 5.85. The van der Waals surface area contributed by atoms with Crippen LogP contribution in [0.5, 0.6) is 5.75 Å². The summed E-state index contributed by atoms with van der Waals surface area (Å²) in [5.74, 6) is 1.17. The fourth-order valence-corrected chi connectivity index (χ4v) is 1.96. The number of urea groups is 1. The van der Waals surface area contributed by atoms with Crippen molar-refractivity contribution in [1.82, 2.24) is 10.6 Å². The molecule has 6 nitrogen and oxygen atoms in total. The lowest BCUT2D eigenvalue weighted by atomic mass is 10.2. The molecule has 0 radical (unpaired) electrons. The monoisotopic (exact) mass is 304 g/mol. The fraction of sp³-hybridized carbons (Fsp3) is 0.312. The number of nitrogens with one attached hydrogen (secondary N) is 2. The Morgan fingerprint density at radius 1 is 1.27 bits per heavy atom. The van der Waals surface area contributed by atoms with E-state index in [-0.39, 0.29) is 12.6 Å². The van der Waals surface area contributed by atoms with Crippen molar-refractivity contribution in [1.29, 1.82) is 0 Å². The van der Waals surface area contributed by atoms with E-state index in [4.69, 9.17) is 9.15 Å². The number of benzene rings is 1. The molecule has 2 aromatic rings. The second kappa shape index (κ2) is 8.09. The average molecular weight is 304 g/mol. The molecule has 1 aromatic heterocycles. The van der Waals surface area contributed by atoms with Crippen LogP contribution in [-0.2, 0) is 6.54 Å². The van der Waals surface area contributed by atoms with Crippen LogP contribution >= 0.6 is 0 Å². The van der Waals surface area contributed by atoms with E-state index in [0.29, 0.717) is 18.9 Å². The van der Waals surface area contributed by atoms with Crippen molar-refractivity contribution in [3.8, 4) is 5.75 Å². The van der Waals surface area contributed by atoms with Crippen LogP contribution < -0.4 is 15.4 Å². The van der Waals surface area contributed by atoms with Gasteiger partial charge in [0.1, 0.15) is 17.6 Å². The first kappa shape index (κ1) is 15.9. The average Bonchev–Trinajstić information content (AvgIpc) is 3.06. The summed E-state index contributed by atoms with van der Waals surface area (Å²) in [5.41, 5.74) is 0.895. The number of furan rings is 1. The van der Waals surface area contributed by atoms with E-state index in [1.54, 1.807) is 12.1 Å². The van der Waals surface area contributed by atoms with E-state index >= 15 is 0 Å². The summed E-state index contributed by atoms with van der Waals surface area (Å²) in [6, 6.07) is 10.5. The van der Waals surface area contributed by atoms with Crippen molar-refractivity contribution < 1.29 is 19.1 Å². The number of hydrogen-bond acceptors (Lipinski definition) is 4. The fourth-order valence-electron chi connectivity index (χ4n) is 1.96. The molecule has 1 atom stereocenters. The number of carbonyl (C=O) groups excluding carboxylic acids is 1. The van der Waals surface area contributed by atoms with E-state index < -0.39 is 6.10 Å². The van der Waals surface area contributed by atoms with E-state index in [1.807, 2.05) is 31.2 Å². The molecule has 22 heavy (non-hydrogen) atoms. The first-order valence-corrected chi connectivity index (χ1v) is 7.14. The van der Waals surface area contributed by atoms with Crippen LogP contribution in [0, 0.1) is 0 Å². The van der Waals surface area contributed by atoms with Gasteiger partial charge in [-0.05, 0) is 25.1 Å². The van der Waals surface area contributed by atoms with Crippen molar-refractivity contribution in [2.45, 2.75) is 19.6 Å². The Morgan fingerprint density at radius 2 is 2.09 bits per heavy atom. The second-order valence-corrected chi connectivity index (χ2v) is 4.64. The predicted octanol–water partition coefficient (Wildman–Crippen LogP) is 2.21. The number of rotatable bonds is 7. The molecule has 0 aliphatic heterocycles. The van der Waals surface area contributed by atoms with Crippen molar-refractivity contribution >= 4 is 6.03 Å². The van der Waals surface area contributed by atoms with Crippen LogP contribution in [0.2, 0.25) is 0 Å². The van der Waals surface area contributed by atoms with E-state index in [9.17, 15) is 9.90 Å². The minimum Gasteiger partial charge on any atom is -0.494 e. The zero-order valence-electron chi connectivity index (χ0n) is 12.4. The SMILES string of the molecule is CCOc1ccccc1CNC(=O)NCC(O)c1ccco1. The van der Waals surface area contributed by atoms with E-state index in [2.05, 4.69) is 10.6 Å². The van der Waals surface area contributed by atoms with Crippen LogP contribution in [0.4, 0.5) is 4.79 Å². The summed E-state index contributed by atoms with van der Waals surface area (Å²) in [6.07, 6.45) is 0.611. The van der Waals surface area contributed by atoms with Gasteiger partial charge in [0, 0.05) is 12.1 Å². The quantitative estimate of drug-likeness (QED) is 0.732. The molecule has 1 heterocycles. The largest absolute Gasteiger partial charge is 0.494 e. The third kappa shape index (κ3) is 4.53. The van der Waals surface area contributed by atoms with Gasteiger partial charge in [-0.15, -0.1) is 0 Å². The van der Waals surface area contributed by atoms with Gasteiger partial charge in [-0.2, -0.15) is 0 Å². The normalized spacial score (nSPS) is 11.7. The van der Waals surface area contributed by atoms with Crippen molar-refractivity contribution in [3.05, 3.63) is 54.0 Å². The number of ether oxygens (including phenoxy) is 1. The molecule has 1 aromatic carbocycles. The molecule has 0 fully saturated rings. The summed E-state index contributed by atoms with van der Waals surface area (Å²) in [7, 11) is 0. The maximum absolute atomic E-state index is 11.8. The minimum atomic E-state index is -0.864. The van der Waals surface area contributed by atoms with Gasteiger partial charge in [-0.3, -0.25) is 0 Å². The second-order valence-electron chi connectivity index (χ2n) is 4.64. The molecule has 0 bridgehead atoms. The van der Waals surface area contributed by atoms with Crippen molar-refractivity contribution in [3.63, 3.8) is 0 Å². The summed E-state index contributed by atoms with van der Waals surface area (Å²) in [5, 5.41) is 15.1. The van der Waals surface area contributed by atoms with Gasteiger partial charge in [0.05, 0.1) is 19.4 Å². The summed E-state index contributed by atoms with van der Waals surface area (Å²) >= 11 is 0. The van der Waals surface area contributed by atoms with Gasteiger partial charge >= 0.3 is 6.03 Å². The molecule has 3 N–H and O–H groups in total. The lowest BCUT2D eigenvalue weighted by Gasteiger charge is -2.13. The molecule has 0 spiro atoms. The lowest BCUT2D eigenvalue weighted by Crippen LogP contribution is -2.37. The molecule has 0 aliphatic rings. The first-order chi connectivity index (χ1) is 10.7. The molecule has 118 valence electrons. The number of aliphatic hydroxyl groups is 1. The zero-order valence-corrected chi connectivity index (χ0v) is 12.4. The maximum atomic E-state index is 11.8. The predicted molar refractivity (Wildman–Crippen MR) is 81.5 cm³/mol. The van der Waals surface area contributed by atoms with Crippen molar-refractivity contribution in [2.24, 2.45) is 0 Å². The van der Waals surface area contributed by atoms with Crippen LogP contribution in [0.1, 0.15) is 24.4 Å². The lowest BCUT2D eigenvalue weighted by molar-refractivity contribution is 0.148.